The molecule has 1 aromatic heterocycles. The lowest BCUT2D eigenvalue weighted by Gasteiger charge is -2.11. The number of carbonyl (C=O) groups excluding carboxylic acids is 1. The zero-order valence-corrected chi connectivity index (χ0v) is 14.4. The summed E-state index contributed by atoms with van der Waals surface area (Å²) in [5.41, 5.74) is 0.114. The molecule has 0 saturated heterocycles. The van der Waals surface area contributed by atoms with Gasteiger partial charge in [0, 0.05) is 18.4 Å². The predicted octanol–water partition coefficient (Wildman–Crippen LogP) is 1.66. The highest BCUT2D eigenvalue weighted by molar-refractivity contribution is 5.90. The van der Waals surface area contributed by atoms with Gasteiger partial charge in [-0.1, -0.05) is 26.0 Å². The van der Waals surface area contributed by atoms with Gasteiger partial charge in [0.2, 0.25) is 5.91 Å². The summed E-state index contributed by atoms with van der Waals surface area (Å²) in [7, 11) is 0. The van der Waals surface area contributed by atoms with Gasteiger partial charge in [-0.3, -0.25) is 14.2 Å². The molecule has 0 aliphatic carbocycles. The molecule has 2 aromatic rings. The number of anilines is 1. The van der Waals surface area contributed by atoms with Gasteiger partial charge in [-0.2, -0.15) is 5.26 Å². The van der Waals surface area contributed by atoms with Crippen LogP contribution in [0.5, 0.6) is 0 Å². The summed E-state index contributed by atoms with van der Waals surface area (Å²) < 4.78 is 2.01. The molecule has 25 heavy (non-hydrogen) atoms. The lowest BCUT2D eigenvalue weighted by atomic mass is 10.0. The summed E-state index contributed by atoms with van der Waals surface area (Å²) in [5.74, 6) is -0.193. The second-order valence-electron chi connectivity index (χ2n) is 5.94. The molecule has 2 rings (SSSR count). The number of carbonyl (C=O) groups is 1. The Balaban J connectivity index is 2.30. The number of hydrogen-bond acceptors (Lipinski definition) is 4. The zero-order chi connectivity index (χ0) is 18.6. The highest BCUT2D eigenvalue weighted by atomic mass is 16.2. The summed E-state index contributed by atoms with van der Waals surface area (Å²) in [5, 5.41) is 11.7. The first-order chi connectivity index (χ1) is 11.9. The van der Waals surface area contributed by atoms with Crippen LogP contribution in [0.15, 0.2) is 40.1 Å². The summed E-state index contributed by atoms with van der Waals surface area (Å²) in [6, 6.07) is 9.13. The van der Waals surface area contributed by atoms with Crippen LogP contribution in [0, 0.1) is 11.3 Å². The van der Waals surface area contributed by atoms with Crippen molar-refractivity contribution in [3.63, 3.8) is 0 Å². The first kappa shape index (κ1) is 18.2. The molecule has 0 fully saturated rings. The molecule has 0 atom stereocenters. The molecule has 0 unspecified atom stereocenters. The number of nitrogens with one attached hydrogen (secondary N) is 1. The van der Waals surface area contributed by atoms with Gasteiger partial charge in [0.05, 0.1) is 0 Å². The smallest absolute Gasteiger partial charge is 0.325 e. The number of aromatic nitrogens is 2. The highest BCUT2D eigenvalue weighted by Crippen LogP contribution is 2.18. The quantitative estimate of drug-likeness (QED) is 0.895. The van der Waals surface area contributed by atoms with Crippen molar-refractivity contribution in [3.8, 4) is 6.07 Å². The van der Waals surface area contributed by atoms with Gasteiger partial charge in [0.25, 0.3) is 5.56 Å². The standard InChI is InChI=1S/C18H20N4O3/c1-4-21-10-14(9-19)17(24)22(18(21)25)11-16(23)20-15-7-5-6-13(8-15)12(2)3/h5-8,10,12H,4,11H2,1-3H3,(H,20,23). The number of benzene rings is 1. The molecule has 0 aliphatic rings. The van der Waals surface area contributed by atoms with Crippen LogP contribution in [-0.4, -0.2) is 15.0 Å². The number of hydrogen-bond donors (Lipinski definition) is 1. The predicted molar refractivity (Wildman–Crippen MR) is 94.5 cm³/mol. The monoisotopic (exact) mass is 340 g/mol. The third kappa shape index (κ3) is 4.04. The van der Waals surface area contributed by atoms with Gasteiger partial charge < -0.3 is 5.32 Å². The second kappa shape index (κ2) is 7.62. The van der Waals surface area contributed by atoms with Gasteiger partial charge >= 0.3 is 5.69 Å². The third-order valence-electron chi connectivity index (χ3n) is 3.84. The van der Waals surface area contributed by atoms with Gasteiger partial charge in [-0.25, -0.2) is 9.36 Å². The number of aryl methyl sites for hydroxylation is 1. The first-order valence-corrected chi connectivity index (χ1v) is 8.01. The number of nitriles is 1. The van der Waals surface area contributed by atoms with E-state index in [1.165, 1.54) is 10.8 Å². The van der Waals surface area contributed by atoms with Crippen LogP contribution >= 0.6 is 0 Å². The molecular weight excluding hydrogens is 320 g/mol. The van der Waals surface area contributed by atoms with Crippen LogP contribution in [0.2, 0.25) is 0 Å². The minimum atomic E-state index is -0.761. The fourth-order valence-electron chi connectivity index (χ4n) is 2.42. The van der Waals surface area contributed by atoms with E-state index < -0.39 is 23.7 Å². The molecular formula is C18H20N4O3. The Labute approximate surface area is 145 Å². The Bertz CT molecular complexity index is 948. The van der Waals surface area contributed by atoms with Gasteiger partial charge in [0.15, 0.2) is 0 Å². The van der Waals surface area contributed by atoms with E-state index in [-0.39, 0.29) is 5.56 Å². The van der Waals surface area contributed by atoms with Crippen LogP contribution in [0.25, 0.3) is 0 Å². The largest absolute Gasteiger partial charge is 0.331 e. The van der Waals surface area contributed by atoms with Crippen molar-refractivity contribution in [3.05, 3.63) is 62.4 Å². The number of nitrogens with zero attached hydrogens (tertiary/aromatic N) is 3. The molecule has 1 N–H and O–H groups in total. The maximum absolute atomic E-state index is 12.3. The second-order valence-corrected chi connectivity index (χ2v) is 5.94. The van der Waals surface area contributed by atoms with E-state index in [0.717, 1.165) is 10.1 Å². The fourth-order valence-corrected chi connectivity index (χ4v) is 2.42. The van der Waals surface area contributed by atoms with E-state index in [2.05, 4.69) is 5.32 Å². The van der Waals surface area contributed by atoms with Crippen molar-refractivity contribution in [1.29, 1.82) is 5.26 Å². The Morgan fingerprint density at radius 2 is 2.04 bits per heavy atom. The Kier molecular flexibility index (Phi) is 5.55. The molecule has 0 saturated carbocycles. The van der Waals surface area contributed by atoms with Crippen LogP contribution in [0.4, 0.5) is 5.69 Å². The lowest BCUT2D eigenvalue weighted by Crippen LogP contribution is -2.43. The van der Waals surface area contributed by atoms with Crippen LogP contribution in [-0.2, 0) is 17.9 Å². The fraction of sp³-hybridized carbons (Fsp3) is 0.333. The van der Waals surface area contributed by atoms with Crippen molar-refractivity contribution in [2.75, 3.05) is 5.32 Å². The van der Waals surface area contributed by atoms with Crippen molar-refractivity contribution < 1.29 is 4.79 Å². The molecule has 1 amide bonds. The topological polar surface area (TPSA) is 96.9 Å². The first-order valence-electron chi connectivity index (χ1n) is 8.01. The van der Waals surface area contributed by atoms with Crippen LogP contribution in [0.1, 0.15) is 37.8 Å². The molecule has 7 nitrogen and oxygen atoms in total. The van der Waals surface area contributed by atoms with Crippen LogP contribution in [0.3, 0.4) is 0 Å². The van der Waals surface area contributed by atoms with E-state index in [1.807, 2.05) is 32.0 Å². The van der Waals surface area contributed by atoms with Crippen molar-refractivity contribution in [2.24, 2.45) is 0 Å². The molecule has 0 radical (unpaired) electrons. The van der Waals surface area contributed by atoms with E-state index in [0.29, 0.717) is 18.2 Å². The van der Waals surface area contributed by atoms with Crippen molar-refractivity contribution in [1.82, 2.24) is 9.13 Å². The summed E-state index contributed by atoms with van der Waals surface area (Å²) in [6.45, 7) is 5.65. The lowest BCUT2D eigenvalue weighted by molar-refractivity contribution is -0.116. The summed E-state index contributed by atoms with van der Waals surface area (Å²) >= 11 is 0. The number of rotatable bonds is 5. The minimum Gasteiger partial charge on any atom is -0.325 e. The number of amides is 1. The van der Waals surface area contributed by atoms with E-state index in [9.17, 15) is 14.4 Å². The Morgan fingerprint density at radius 3 is 2.64 bits per heavy atom. The normalized spacial score (nSPS) is 10.5. The van der Waals surface area contributed by atoms with Gasteiger partial charge in [0.1, 0.15) is 18.2 Å². The third-order valence-corrected chi connectivity index (χ3v) is 3.84. The van der Waals surface area contributed by atoms with Crippen molar-refractivity contribution in [2.45, 2.75) is 39.8 Å². The minimum absolute atomic E-state index is 0.170. The van der Waals surface area contributed by atoms with Crippen LogP contribution < -0.4 is 16.6 Å². The maximum Gasteiger partial charge on any atom is 0.331 e. The van der Waals surface area contributed by atoms with Crippen molar-refractivity contribution >= 4 is 11.6 Å². The van der Waals surface area contributed by atoms with E-state index in [4.69, 9.17) is 5.26 Å². The molecule has 1 aromatic carbocycles. The molecule has 0 aliphatic heterocycles. The SMILES string of the molecule is CCn1cc(C#N)c(=O)n(CC(=O)Nc2cccc(C(C)C)c2)c1=O. The highest BCUT2D eigenvalue weighted by Gasteiger charge is 2.14. The van der Waals surface area contributed by atoms with Gasteiger partial charge in [-0.15, -0.1) is 0 Å². The molecule has 7 heteroatoms. The zero-order valence-electron chi connectivity index (χ0n) is 14.4. The molecule has 130 valence electrons. The Morgan fingerprint density at radius 1 is 1.32 bits per heavy atom. The Hall–Kier alpha value is -3.14. The summed E-state index contributed by atoms with van der Waals surface area (Å²) in [6.07, 6.45) is 1.21. The van der Waals surface area contributed by atoms with E-state index >= 15 is 0 Å². The van der Waals surface area contributed by atoms with Gasteiger partial charge in [-0.05, 0) is 30.5 Å². The molecule has 0 bridgehead atoms. The average Bonchev–Trinajstić information content (AvgIpc) is 2.59. The molecule has 0 spiro atoms. The average molecular weight is 340 g/mol. The maximum atomic E-state index is 12.3. The molecule has 1 heterocycles. The van der Waals surface area contributed by atoms with E-state index in [1.54, 1.807) is 19.1 Å². The summed E-state index contributed by atoms with van der Waals surface area (Å²) in [4.78, 5) is 36.7.